The van der Waals surface area contributed by atoms with Crippen molar-refractivity contribution < 1.29 is 14.3 Å². The fourth-order valence-electron chi connectivity index (χ4n) is 2.46. The van der Waals surface area contributed by atoms with Crippen LogP contribution in [0.4, 0.5) is 14.9 Å². The number of carbonyl (C=O) groups is 1. The minimum Gasteiger partial charge on any atom is -0.393 e. The molecular weight excluding hydrogens is 297 g/mol. The second-order valence-corrected chi connectivity index (χ2v) is 6.93. The number of halogens is 1. The molecule has 0 aromatic heterocycles. The van der Waals surface area contributed by atoms with Gasteiger partial charge in [-0.15, -0.1) is 0 Å². The molecule has 0 fully saturated rings. The molecule has 6 heteroatoms. The molecule has 1 rings (SSSR count). The van der Waals surface area contributed by atoms with Crippen LogP contribution in [0.3, 0.4) is 0 Å². The van der Waals surface area contributed by atoms with Gasteiger partial charge < -0.3 is 20.6 Å². The van der Waals surface area contributed by atoms with E-state index in [0.29, 0.717) is 24.2 Å². The summed E-state index contributed by atoms with van der Waals surface area (Å²) in [5.41, 5.74) is 1.02. The molecule has 1 aromatic carbocycles. The lowest BCUT2D eigenvalue weighted by atomic mass is 9.87. The van der Waals surface area contributed by atoms with Crippen LogP contribution in [0.15, 0.2) is 18.2 Å². The van der Waals surface area contributed by atoms with Crippen molar-refractivity contribution in [3.63, 3.8) is 0 Å². The molecule has 5 nitrogen and oxygen atoms in total. The van der Waals surface area contributed by atoms with Gasteiger partial charge in [0.25, 0.3) is 0 Å². The number of nitrogens with one attached hydrogen (secondary N) is 2. The van der Waals surface area contributed by atoms with Crippen molar-refractivity contribution in [3.05, 3.63) is 29.6 Å². The predicted octanol–water partition coefficient (Wildman–Crippen LogP) is 2.49. The Kier molecular flexibility index (Phi) is 6.81. The number of carbonyl (C=O) groups excluding carboxylic acids is 1. The third kappa shape index (κ3) is 6.86. The summed E-state index contributed by atoms with van der Waals surface area (Å²) >= 11 is 0. The highest BCUT2D eigenvalue weighted by molar-refractivity contribution is 5.73. The molecule has 0 spiro atoms. The zero-order valence-electron chi connectivity index (χ0n) is 14.6. The van der Waals surface area contributed by atoms with Crippen LogP contribution in [0.2, 0.25) is 0 Å². The molecule has 0 heterocycles. The van der Waals surface area contributed by atoms with E-state index in [0.717, 1.165) is 0 Å². The van der Waals surface area contributed by atoms with E-state index in [4.69, 9.17) is 0 Å². The van der Waals surface area contributed by atoms with Crippen molar-refractivity contribution in [1.29, 1.82) is 0 Å². The number of hydrogen-bond acceptors (Lipinski definition) is 3. The molecule has 1 atom stereocenters. The number of urea groups is 1. The topological polar surface area (TPSA) is 64.6 Å². The maximum absolute atomic E-state index is 13.9. The van der Waals surface area contributed by atoms with Gasteiger partial charge in [-0.1, -0.05) is 19.9 Å². The average Bonchev–Trinajstić information content (AvgIpc) is 2.41. The molecule has 3 N–H and O–H groups in total. The van der Waals surface area contributed by atoms with E-state index in [9.17, 15) is 14.3 Å². The molecule has 0 bridgehead atoms. The SMILES string of the molecule is CC(O)CC(C)(C)CNC(=O)NCc1ccc(N(C)C)c(F)c1. The summed E-state index contributed by atoms with van der Waals surface area (Å²) in [4.78, 5) is 13.5. The van der Waals surface area contributed by atoms with Gasteiger partial charge in [0.2, 0.25) is 0 Å². The Morgan fingerprint density at radius 1 is 1.35 bits per heavy atom. The maximum atomic E-state index is 13.9. The molecule has 0 aliphatic heterocycles. The van der Waals surface area contributed by atoms with Crippen molar-refractivity contribution in [2.75, 3.05) is 25.5 Å². The summed E-state index contributed by atoms with van der Waals surface area (Å²) in [7, 11) is 3.55. The third-order valence-corrected chi connectivity index (χ3v) is 3.52. The molecule has 0 aliphatic carbocycles. The average molecular weight is 325 g/mol. The Hall–Kier alpha value is -1.82. The van der Waals surface area contributed by atoms with Gasteiger partial charge in [-0.05, 0) is 36.5 Å². The summed E-state index contributed by atoms with van der Waals surface area (Å²) in [6.45, 7) is 6.41. The van der Waals surface area contributed by atoms with E-state index in [1.54, 1.807) is 38.1 Å². The van der Waals surface area contributed by atoms with Crippen molar-refractivity contribution in [2.45, 2.75) is 39.8 Å². The number of aliphatic hydroxyl groups is 1. The van der Waals surface area contributed by atoms with Crippen LogP contribution in [0, 0.1) is 11.2 Å². The molecular formula is C17H28FN3O2. The number of aliphatic hydroxyl groups excluding tert-OH is 1. The van der Waals surface area contributed by atoms with Crippen LogP contribution < -0.4 is 15.5 Å². The molecule has 2 amide bonds. The molecule has 1 unspecified atom stereocenters. The molecule has 1 aromatic rings. The van der Waals surface area contributed by atoms with Crippen molar-refractivity contribution in [3.8, 4) is 0 Å². The fraction of sp³-hybridized carbons (Fsp3) is 0.588. The van der Waals surface area contributed by atoms with Crippen molar-refractivity contribution in [2.24, 2.45) is 5.41 Å². The van der Waals surface area contributed by atoms with E-state index < -0.39 is 6.10 Å². The summed E-state index contributed by atoms with van der Waals surface area (Å²) in [5.74, 6) is -0.312. The zero-order valence-corrected chi connectivity index (χ0v) is 14.6. The molecule has 0 saturated carbocycles. The lowest BCUT2D eigenvalue weighted by Crippen LogP contribution is -2.41. The van der Waals surface area contributed by atoms with Gasteiger partial charge >= 0.3 is 6.03 Å². The quantitative estimate of drug-likeness (QED) is 0.722. The summed E-state index contributed by atoms with van der Waals surface area (Å²) < 4.78 is 13.9. The molecule has 130 valence electrons. The Morgan fingerprint density at radius 2 is 2.00 bits per heavy atom. The van der Waals surface area contributed by atoms with Crippen LogP contribution in [0.1, 0.15) is 32.8 Å². The first-order chi connectivity index (χ1) is 10.6. The first-order valence-corrected chi connectivity index (χ1v) is 7.76. The standard InChI is InChI=1S/C17H28FN3O2/c1-12(22)9-17(2,3)11-20-16(23)19-10-13-6-7-15(21(4)5)14(18)8-13/h6-8,12,22H,9-11H2,1-5H3,(H2,19,20,23). The fourth-order valence-corrected chi connectivity index (χ4v) is 2.46. The highest BCUT2D eigenvalue weighted by Crippen LogP contribution is 2.21. The first-order valence-electron chi connectivity index (χ1n) is 7.76. The van der Waals surface area contributed by atoms with Gasteiger partial charge in [-0.25, -0.2) is 9.18 Å². The normalized spacial score (nSPS) is 12.7. The summed E-state index contributed by atoms with van der Waals surface area (Å²) in [6.07, 6.45) is 0.192. The van der Waals surface area contributed by atoms with Crippen LogP contribution in [0.5, 0.6) is 0 Å². The van der Waals surface area contributed by atoms with Crippen LogP contribution in [0.25, 0.3) is 0 Å². The number of nitrogens with zero attached hydrogens (tertiary/aromatic N) is 1. The zero-order chi connectivity index (χ0) is 17.6. The Balaban J connectivity index is 2.46. The number of hydrogen-bond donors (Lipinski definition) is 3. The highest BCUT2D eigenvalue weighted by atomic mass is 19.1. The lowest BCUT2D eigenvalue weighted by Gasteiger charge is -2.26. The molecule has 0 aliphatic rings. The van der Waals surface area contributed by atoms with E-state index in [2.05, 4.69) is 10.6 Å². The second kappa shape index (κ2) is 8.15. The lowest BCUT2D eigenvalue weighted by molar-refractivity contribution is 0.129. The second-order valence-electron chi connectivity index (χ2n) is 6.93. The predicted molar refractivity (Wildman–Crippen MR) is 91.0 cm³/mol. The summed E-state index contributed by atoms with van der Waals surface area (Å²) in [5, 5.41) is 14.9. The smallest absolute Gasteiger partial charge is 0.315 e. The third-order valence-electron chi connectivity index (χ3n) is 3.52. The van der Waals surface area contributed by atoms with Gasteiger partial charge in [0.15, 0.2) is 0 Å². The molecule has 0 radical (unpaired) electrons. The van der Waals surface area contributed by atoms with Crippen LogP contribution >= 0.6 is 0 Å². The van der Waals surface area contributed by atoms with Gasteiger partial charge in [0.05, 0.1) is 11.8 Å². The Bertz CT molecular complexity index is 531. The van der Waals surface area contributed by atoms with Crippen LogP contribution in [-0.4, -0.2) is 37.9 Å². The number of benzene rings is 1. The van der Waals surface area contributed by atoms with Crippen LogP contribution in [-0.2, 0) is 6.54 Å². The largest absolute Gasteiger partial charge is 0.393 e. The van der Waals surface area contributed by atoms with E-state index in [1.807, 2.05) is 13.8 Å². The molecule has 23 heavy (non-hydrogen) atoms. The summed E-state index contributed by atoms with van der Waals surface area (Å²) in [6, 6.07) is 4.60. The van der Waals surface area contributed by atoms with Crippen molar-refractivity contribution in [1.82, 2.24) is 10.6 Å². The maximum Gasteiger partial charge on any atom is 0.315 e. The van der Waals surface area contributed by atoms with Crippen molar-refractivity contribution >= 4 is 11.7 Å². The highest BCUT2D eigenvalue weighted by Gasteiger charge is 2.21. The number of amides is 2. The van der Waals surface area contributed by atoms with E-state index >= 15 is 0 Å². The first kappa shape index (κ1) is 19.2. The van der Waals surface area contributed by atoms with Gasteiger partial charge in [-0.2, -0.15) is 0 Å². The van der Waals surface area contributed by atoms with E-state index in [1.165, 1.54) is 6.07 Å². The van der Waals surface area contributed by atoms with Gasteiger partial charge in [0, 0.05) is 27.2 Å². The van der Waals surface area contributed by atoms with Gasteiger partial charge in [-0.3, -0.25) is 0 Å². The number of anilines is 1. The molecule has 0 saturated heterocycles. The minimum absolute atomic E-state index is 0.190. The Morgan fingerprint density at radius 3 is 2.52 bits per heavy atom. The number of rotatable bonds is 7. The van der Waals surface area contributed by atoms with Gasteiger partial charge in [0.1, 0.15) is 5.82 Å². The van der Waals surface area contributed by atoms with E-state index in [-0.39, 0.29) is 23.8 Å². The monoisotopic (exact) mass is 325 g/mol. The minimum atomic E-state index is -0.409. The Labute approximate surface area is 137 Å².